The van der Waals surface area contributed by atoms with E-state index in [1.165, 1.54) is 0 Å². The zero-order valence-corrected chi connectivity index (χ0v) is 9.21. The minimum atomic E-state index is -1.24. The van der Waals surface area contributed by atoms with Crippen molar-refractivity contribution in [2.45, 2.75) is 12.5 Å². The molecule has 0 aromatic heterocycles. The van der Waals surface area contributed by atoms with Crippen LogP contribution in [0, 0.1) is 15.9 Å². The van der Waals surface area contributed by atoms with Crippen LogP contribution in [-0.4, -0.2) is 28.6 Å². The van der Waals surface area contributed by atoms with E-state index in [1.807, 2.05) is 0 Å². The lowest BCUT2D eigenvalue weighted by molar-refractivity contribution is -0.387. The maximum absolute atomic E-state index is 13.2. The first-order chi connectivity index (χ1) is 8.45. The van der Waals surface area contributed by atoms with Crippen molar-refractivity contribution < 1.29 is 24.0 Å². The number of nitro groups is 1. The van der Waals surface area contributed by atoms with E-state index in [9.17, 15) is 19.3 Å². The second-order valence-electron chi connectivity index (χ2n) is 3.39. The van der Waals surface area contributed by atoms with Crippen molar-refractivity contribution in [3.8, 4) is 5.75 Å². The van der Waals surface area contributed by atoms with Gasteiger partial charge < -0.3 is 15.6 Å². The number of hydrogen-bond donors (Lipinski definition) is 2. The molecule has 0 aliphatic carbocycles. The number of rotatable bonds is 6. The average Bonchev–Trinajstić information content (AvgIpc) is 2.27. The van der Waals surface area contributed by atoms with Crippen molar-refractivity contribution in [1.82, 2.24) is 0 Å². The Labute approximate surface area is 101 Å². The van der Waals surface area contributed by atoms with Crippen LogP contribution in [0.2, 0.25) is 0 Å². The number of ether oxygens (including phenoxy) is 1. The molecule has 1 aromatic rings. The Morgan fingerprint density at radius 2 is 2.28 bits per heavy atom. The lowest BCUT2D eigenvalue weighted by Crippen LogP contribution is -2.29. The van der Waals surface area contributed by atoms with Gasteiger partial charge in [-0.3, -0.25) is 10.1 Å². The van der Waals surface area contributed by atoms with Gasteiger partial charge in [0.05, 0.1) is 4.92 Å². The zero-order chi connectivity index (χ0) is 13.7. The molecule has 0 amide bonds. The standard InChI is InChI=1S/C10H11FN2O5/c11-7-5-6(1-2-8(7)13(16)17)18-9(3-4-12)10(14)15/h1-2,5,9H,3-4,12H2,(H,14,15). The van der Waals surface area contributed by atoms with Crippen molar-refractivity contribution in [3.05, 3.63) is 34.1 Å². The molecule has 1 aromatic carbocycles. The molecule has 0 spiro atoms. The monoisotopic (exact) mass is 258 g/mol. The fraction of sp³-hybridized carbons (Fsp3) is 0.300. The molecule has 3 N–H and O–H groups in total. The van der Waals surface area contributed by atoms with Crippen LogP contribution in [0.3, 0.4) is 0 Å². The van der Waals surface area contributed by atoms with E-state index in [4.69, 9.17) is 15.6 Å². The van der Waals surface area contributed by atoms with Crippen LogP contribution in [0.5, 0.6) is 5.75 Å². The molecule has 8 heteroatoms. The molecule has 0 saturated carbocycles. The molecular formula is C10H11FN2O5. The van der Waals surface area contributed by atoms with E-state index < -0.39 is 28.5 Å². The van der Waals surface area contributed by atoms with Gasteiger partial charge >= 0.3 is 11.7 Å². The number of carbonyl (C=O) groups is 1. The molecule has 1 unspecified atom stereocenters. The summed E-state index contributed by atoms with van der Waals surface area (Å²) in [4.78, 5) is 20.3. The normalized spacial score (nSPS) is 11.9. The van der Waals surface area contributed by atoms with Crippen LogP contribution < -0.4 is 10.5 Å². The summed E-state index contributed by atoms with van der Waals surface area (Å²) in [5, 5.41) is 19.2. The fourth-order valence-electron chi connectivity index (χ4n) is 1.26. The predicted octanol–water partition coefficient (Wildman–Crippen LogP) is 0.915. The van der Waals surface area contributed by atoms with Crippen LogP contribution in [0.15, 0.2) is 18.2 Å². The number of hydrogen-bond acceptors (Lipinski definition) is 5. The first-order valence-electron chi connectivity index (χ1n) is 4.99. The van der Waals surface area contributed by atoms with Gasteiger partial charge in [0, 0.05) is 18.6 Å². The van der Waals surface area contributed by atoms with E-state index in [-0.39, 0.29) is 18.7 Å². The quantitative estimate of drug-likeness (QED) is 0.578. The lowest BCUT2D eigenvalue weighted by atomic mass is 10.2. The van der Waals surface area contributed by atoms with E-state index in [0.717, 1.165) is 18.2 Å². The van der Waals surface area contributed by atoms with E-state index in [1.54, 1.807) is 0 Å². The van der Waals surface area contributed by atoms with Crippen LogP contribution in [0.4, 0.5) is 10.1 Å². The molecule has 0 saturated heterocycles. The summed E-state index contributed by atoms with van der Waals surface area (Å²) in [7, 11) is 0. The number of benzene rings is 1. The van der Waals surface area contributed by atoms with E-state index in [2.05, 4.69) is 0 Å². The molecule has 1 atom stereocenters. The number of halogens is 1. The van der Waals surface area contributed by atoms with Gasteiger partial charge in [0.1, 0.15) is 5.75 Å². The van der Waals surface area contributed by atoms with E-state index >= 15 is 0 Å². The third-order valence-electron chi connectivity index (χ3n) is 2.10. The molecule has 18 heavy (non-hydrogen) atoms. The molecule has 0 aliphatic heterocycles. The zero-order valence-electron chi connectivity index (χ0n) is 9.21. The van der Waals surface area contributed by atoms with Crippen LogP contribution in [0.1, 0.15) is 6.42 Å². The molecule has 0 heterocycles. The average molecular weight is 258 g/mol. The molecule has 0 bridgehead atoms. The molecular weight excluding hydrogens is 247 g/mol. The third kappa shape index (κ3) is 3.39. The van der Waals surface area contributed by atoms with Crippen LogP contribution in [-0.2, 0) is 4.79 Å². The summed E-state index contributed by atoms with van der Waals surface area (Å²) in [5.41, 5.74) is 4.51. The third-order valence-corrected chi connectivity index (χ3v) is 2.10. The van der Waals surface area contributed by atoms with Crippen LogP contribution in [0.25, 0.3) is 0 Å². The Morgan fingerprint density at radius 1 is 1.61 bits per heavy atom. The Balaban J connectivity index is 2.88. The molecule has 7 nitrogen and oxygen atoms in total. The maximum atomic E-state index is 13.2. The summed E-state index contributed by atoms with van der Waals surface area (Å²) in [6.07, 6.45) is -1.16. The molecule has 0 radical (unpaired) electrons. The highest BCUT2D eigenvalue weighted by Crippen LogP contribution is 2.23. The predicted molar refractivity (Wildman–Crippen MR) is 58.8 cm³/mol. The SMILES string of the molecule is NCCC(Oc1ccc([N+](=O)[O-])c(F)c1)C(=O)O. The lowest BCUT2D eigenvalue weighted by Gasteiger charge is -2.13. The minimum Gasteiger partial charge on any atom is -0.479 e. The van der Waals surface area contributed by atoms with Gasteiger partial charge in [0.15, 0.2) is 6.10 Å². The molecule has 0 aliphatic rings. The topological polar surface area (TPSA) is 116 Å². The van der Waals surface area contributed by atoms with Crippen molar-refractivity contribution in [2.24, 2.45) is 5.73 Å². The Hall–Kier alpha value is -2.22. The van der Waals surface area contributed by atoms with Gasteiger partial charge in [-0.2, -0.15) is 4.39 Å². The number of nitro benzene ring substituents is 1. The van der Waals surface area contributed by atoms with Gasteiger partial charge in [0.25, 0.3) is 0 Å². The summed E-state index contributed by atoms with van der Waals surface area (Å²) in [6, 6.07) is 2.81. The highest BCUT2D eigenvalue weighted by Gasteiger charge is 2.20. The Kier molecular flexibility index (Phi) is 4.55. The molecule has 98 valence electrons. The Morgan fingerprint density at radius 3 is 2.72 bits per heavy atom. The van der Waals surface area contributed by atoms with Crippen molar-refractivity contribution in [3.63, 3.8) is 0 Å². The summed E-state index contributed by atoms with van der Waals surface area (Å²) in [5.74, 6) is -2.42. The van der Waals surface area contributed by atoms with Crippen molar-refractivity contribution in [2.75, 3.05) is 6.54 Å². The summed E-state index contributed by atoms with van der Waals surface area (Å²) < 4.78 is 18.2. The first-order valence-corrected chi connectivity index (χ1v) is 4.99. The highest BCUT2D eigenvalue weighted by atomic mass is 19.1. The Bertz CT molecular complexity index is 466. The first kappa shape index (κ1) is 13.8. The minimum absolute atomic E-state index is 0.0495. The summed E-state index contributed by atoms with van der Waals surface area (Å²) in [6.45, 7) is 0.0897. The van der Waals surface area contributed by atoms with Crippen molar-refractivity contribution >= 4 is 11.7 Å². The largest absolute Gasteiger partial charge is 0.479 e. The summed E-state index contributed by atoms with van der Waals surface area (Å²) >= 11 is 0. The van der Waals surface area contributed by atoms with Crippen molar-refractivity contribution in [1.29, 1.82) is 0 Å². The van der Waals surface area contributed by atoms with Gasteiger partial charge in [-0.1, -0.05) is 0 Å². The fourth-order valence-corrected chi connectivity index (χ4v) is 1.26. The molecule has 1 rings (SSSR count). The second-order valence-corrected chi connectivity index (χ2v) is 3.39. The highest BCUT2D eigenvalue weighted by molar-refractivity contribution is 5.72. The second kappa shape index (κ2) is 5.92. The number of aliphatic carboxylic acids is 1. The van der Waals surface area contributed by atoms with Gasteiger partial charge in [0.2, 0.25) is 5.82 Å². The van der Waals surface area contributed by atoms with Gasteiger partial charge in [-0.05, 0) is 12.6 Å². The van der Waals surface area contributed by atoms with Crippen LogP contribution >= 0.6 is 0 Å². The number of carboxylic acids is 1. The molecule has 0 fully saturated rings. The van der Waals surface area contributed by atoms with Gasteiger partial charge in [-0.15, -0.1) is 0 Å². The number of nitrogens with two attached hydrogens (primary N) is 1. The number of nitrogens with zero attached hydrogens (tertiary/aromatic N) is 1. The smallest absolute Gasteiger partial charge is 0.344 e. The maximum Gasteiger partial charge on any atom is 0.344 e. The number of carboxylic acid groups (broad SMARTS) is 1. The van der Waals surface area contributed by atoms with E-state index in [0.29, 0.717) is 0 Å². The van der Waals surface area contributed by atoms with Gasteiger partial charge in [-0.25, -0.2) is 4.79 Å².